The minimum atomic E-state index is 0.455. The van der Waals surface area contributed by atoms with Crippen molar-refractivity contribution in [1.82, 2.24) is 0 Å². The van der Waals surface area contributed by atoms with Gasteiger partial charge in [0.25, 0.3) is 0 Å². The Morgan fingerprint density at radius 1 is 1.44 bits per heavy atom. The summed E-state index contributed by atoms with van der Waals surface area (Å²) in [5, 5.41) is 0.727. The summed E-state index contributed by atoms with van der Waals surface area (Å²) in [5.74, 6) is 0.455. The number of hydrogen-bond acceptors (Lipinski definition) is 1. The van der Waals surface area contributed by atoms with Crippen molar-refractivity contribution >= 4 is 11.6 Å². The molecule has 2 heteroatoms. The molecule has 1 aromatic heterocycles. The van der Waals surface area contributed by atoms with Gasteiger partial charge in [0.2, 0.25) is 0 Å². The van der Waals surface area contributed by atoms with Crippen LogP contribution in [0.3, 0.4) is 0 Å². The van der Waals surface area contributed by atoms with E-state index in [9.17, 15) is 0 Å². The van der Waals surface area contributed by atoms with Crippen LogP contribution >= 0.6 is 11.6 Å². The summed E-state index contributed by atoms with van der Waals surface area (Å²) in [6.07, 6.45) is 3.24. The smallest absolute Gasteiger partial charge is 0.109 e. The molecule has 0 fully saturated rings. The molecule has 9 heavy (non-hydrogen) atoms. The van der Waals surface area contributed by atoms with Gasteiger partial charge in [-0.1, -0.05) is 25.4 Å². The Bertz CT molecular complexity index is 191. The molecule has 1 aromatic rings. The Labute approximate surface area is 59.6 Å². The lowest BCUT2D eigenvalue weighted by molar-refractivity contribution is 0.562. The van der Waals surface area contributed by atoms with Crippen LogP contribution in [0.5, 0.6) is 0 Å². The fourth-order valence-corrected chi connectivity index (χ4v) is 1.02. The Balaban J connectivity index is 2.94. The first kappa shape index (κ1) is 6.69. The number of rotatable bonds is 1. The molecule has 0 unspecified atom stereocenters. The molecule has 0 radical (unpaired) electrons. The Kier molecular flexibility index (Phi) is 1.81. The topological polar surface area (TPSA) is 13.1 Å². The highest BCUT2D eigenvalue weighted by molar-refractivity contribution is 6.31. The highest BCUT2D eigenvalue weighted by Gasteiger charge is 2.05. The average molecular weight is 145 g/mol. The molecule has 1 rings (SSSR count). The first-order chi connectivity index (χ1) is 4.22. The van der Waals surface area contributed by atoms with Gasteiger partial charge < -0.3 is 4.42 Å². The van der Waals surface area contributed by atoms with Gasteiger partial charge in [-0.3, -0.25) is 0 Å². The van der Waals surface area contributed by atoms with Crippen molar-refractivity contribution in [2.45, 2.75) is 19.8 Å². The molecule has 0 bridgehead atoms. The first-order valence-corrected chi connectivity index (χ1v) is 3.31. The molecule has 1 heterocycles. The molecule has 0 saturated heterocycles. The molecule has 0 aromatic carbocycles. The van der Waals surface area contributed by atoms with E-state index in [0.717, 1.165) is 10.6 Å². The van der Waals surface area contributed by atoms with E-state index in [0.29, 0.717) is 5.92 Å². The second-order valence-corrected chi connectivity index (χ2v) is 2.74. The molecule has 0 amide bonds. The van der Waals surface area contributed by atoms with E-state index in [2.05, 4.69) is 13.8 Å². The summed E-state index contributed by atoms with van der Waals surface area (Å²) in [5.41, 5.74) is 1.08. The van der Waals surface area contributed by atoms with Gasteiger partial charge in [-0.05, 0) is 5.92 Å². The maximum Gasteiger partial charge on any atom is 0.109 e. The fourth-order valence-electron chi connectivity index (χ4n) is 0.703. The summed E-state index contributed by atoms with van der Waals surface area (Å²) < 4.78 is 4.87. The zero-order valence-corrected chi connectivity index (χ0v) is 6.27. The van der Waals surface area contributed by atoms with Gasteiger partial charge in [0, 0.05) is 5.56 Å². The van der Waals surface area contributed by atoms with E-state index in [1.807, 2.05) is 0 Å². The maximum atomic E-state index is 5.74. The van der Waals surface area contributed by atoms with Gasteiger partial charge in [0.1, 0.15) is 6.26 Å². The summed E-state index contributed by atoms with van der Waals surface area (Å²) in [6, 6.07) is 0. The predicted octanol–water partition coefficient (Wildman–Crippen LogP) is 3.06. The van der Waals surface area contributed by atoms with Gasteiger partial charge in [-0.25, -0.2) is 0 Å². The lowest BCUT2D eigenvalue weighted by Gasteiger charge is -1.97. The third-order valence-corrected chi connectivity index (χ3v) is 1.57. The van der Waals surface area contributed by atoms with Gasteiger partial charge >= 0.3 is 0 Å². The van der Waals surface area contributed by atoms with Crippen LogP contribution in [0.2, 0.25) is 5.02 Å². The van der Waals surface area contributed by atoms with Crippen LogP contribution in [0.15, 0.2) is 16.9 Å². The molecule has 0 N–H and O–H groups in total. The molecule has 0 aliphatic carbocycles. The van der Waals surface area contributed by atoms with E-state index >= 15 is 0 Å². The Morgan fingerprint density at radius 2 is 2.11 bits per heavy atom. The van der Waals surface area contributed by atoms with Gasteiger partial charge in [0.05, 0.1) is 11.3 Å². The van der Waals surface area contributed by atoms with Crippen molar-refractivity contribution in [2.24, 2.45) is 0 Å². The average Bonchev–Trinajstić information content (AvgIpc) is 2.13. The lowest BCUT2D eigenvalue weighted by Crippen LogP contribution is -1.81. The predicted molar refractivity (Wildman–Crippen MR) is 37.8 cm³/mol. The molecular weight excluding hydrogens is 136 g/mol. The normalized spacial score (nSPS) is 10.7. The van der Waals surface area contributed by atoms with Crippen molar-refractivity contribution in [2.75, 3.05) is 0 Å². The minimum Gasteiger partial charge on any atom is -0.471 e. The SMILES string of the molecule is CC(C)c1cocc1Cl. The molecule has 0 aliphatic heterocycles. The zero-order valence-electron chi connectivity index (χ0n) is 5.52. The van der Waals surface area contributed by atoms with Crippen molar-refractivity contribution < 1.29 is 4.42 Å². The quantitative estimate of drug-likeness (QED) is 0.591. The molecule has 0 aliphatic rings. The first-order valence-electron chi connectivity index (χ1n) is 2.93. The number of furan rings is 1. The van der Waals surface area contributed by atoms with E-state index in [4.69, 9.17) is 16.0 Å². The second kappa shape index (κ2) is 2.44. The zero-order chi connectivity index (χ0) is 6.85. The van der Waals surface area contributed by atoms with Crippen LogP contribution in [0.25, 0.3) is 0 Å². The number of halogens is 1. The Morgan fingerprint density at radius 3 is 2.33 bits per heavy atom. The van der Waals surface area contributed by atoms with E-state index in [1.165, 1.54) is 0 Å². The van der Waals surface area contributed by atoms with Crippen LogP contribution in [0, 0.1) is 0 Å². The van der Waals surface area contributed by atoms with Crippen LogP contribution in [0.4, 0.5) is 0 Å². The minimum absolute atomic E-state index is 0.455. The van der Waals surface area contributed by atoms with Crippen LogP contribution in [-0.4, -0.2) is 0 Å². The largest absolute Gasteiger partial charge is 0.471 e. The molecule has 0 atom stereocenters. The van der Waals surface area contributed by atoms with Gasteiger partial charge in [0.15, 0.2) is 0 Å². The van der Waals surface area contributed by atoms with Crippen molar-refractivity contribution in [3.63, 3.8) is 0 Å². The van der Waals surface area contributed by atoms with Crippen molar-refractivity contribution in [3.05, 3.63) is 23.1 Å². The molecule has 50 valence electrons. The lowest BCUT2D eigenvalue weighted by atomic mass is 10.1. The summed E-state index contributed by atoms with van der Waals surface area (Å²) >= 11 is 5.74. The monoisotopic (exact) mass is 144 g/mol. The highest BCUT2D eigenvalue weighted by Crippen LogP contribution is 2.24. The molecule has 1 nitrogen and oxygen atoms in total. The van der Waals surface area contributed by atoms with Crippen LogP contribution in [0.1, 0.15) is 25.3 Å². The van der Waals surface area contributed by atoms with E-state index in [1.54, 1.807) is 12.5 Å². The molecule has 0 spiro atoms. The highest BCUT2D eigenvalue weighted by atomic mass is 35.5. The van der Waals surface area contributed by atoms with Crippen LogP contribution in [-0.2, 0) is 0 Å². The van der Waals surface area contributed by atoms with Gasteiger partial charge in [-0.15, -0.1) is 0 Å². The summed E-state index contributed by atoms with van der Waals surface area (Å²) in [4.78, 5) is 0. The van der Waals surface area contributed by atoms with E-state index < -0.39 is 0 Å². The molecular formula is C7H9ClO. The summed E-state index contributed by atoms with van der Waals surface area (Å²) in [7, 11) is 0. The van der Waals surface area contributed by atoms with Crippen LogP contribution < -0.4 is 0 Å². The Hall–Kier alpha value is -0.430. The summed E-state index contributed by atoms with van der Waals surface area (Å²) in [6.45, 7) is 4.16. The second-order valence-electron chi connectivity index (χ2n) is 2.33. The van der Waals surface area contributed by atoms with Gasteiger partial charge in [-0.2, -0.15) is 0 Å². The molecule has 0 saturated carbocycles. The third kappa shape index (κ3) is 1.28. The third-order valence-electron chi connectivity index (χ3n) is 1.26. The standard InChI is InChI=1S/C7H9ClO/c1-5(2)6-3-9-4-7(6)8/h3-5H,1-2H3. The van der Waals surface area contributed by atoms with E-state index in [-0.39, 0.29) is 0 Å². The van der Waals surface area contributed by atoms with Crippen molar-refractivity contribution in [3.8, 4) is 0 Å². The van der Waals surface area contributed by atoms with Crippen molar-refractivity contribution in [1.29, 1.82) is 0 Å². The fraction of sp³-hybridized carbons (Fsp3) is 0.429. The number of hydrogen-bond donors (Lipinski definition) is 0. The maximum absolute atomic E-state index is 5.74.